The van der Waals surface area contributed by atoms with Crippen LogP contribution in [-0.2, 0) is 4.74 Å². The molecule has 0 saturated heterocycles. The molecule has 0 aliphatic carbocycles. The minimum Gasteiger partial charge on any atom is -0.478 e. The average molecular weight is 300 g/mol. The van der Waals surface area contributed by atoms with Crippen molar-refractivity contribution in [3.05, 3.63) is 16.0 Å². The van der Waals surface area contributed by atoms with Crippen molar-refractivity contribution in [2.24, 2.45) is 0 Å². The predicted molar refractivity (Wildman–Crippen MR) is 78.9 cm³/mol. The Bertz CT molecular complexity index is 485. The summed E-state index contributed by atoms with van der Waals surface area (Å²) >= 11 is 1.27. The molecule has 0 saturated carbocycles. The summed E-state index contributed by atoms with van der Waals surface area (Å²) in [5.74, 6) is -1.03. The second kappa shape index (κ2) is 7.86. The van der Waals surface area contributed by atoms with Gasteiger partial charge in [-0.05, 0) is 32.8 Å². The first-order valence-electron chi connectivity index (χ1n) is 6.43. The van der Waals surface area contributed by atoms with E-state index in [1.807, 2.05) is 13.8 Å². The van der Waals surface area contributed by atoms with Crippen molar-refractivity contribution in [2.75, 3.05) is 25.1 Å². The minimum atomic E-state index is -1.03. The summed E-state index contributed by atoms with van der Waals surface area (Å²) in [4.78, 5) is 23.8. The fourth-order valence-corrected chi connectivity index (χ4v) is 2.69. The zero-order chi connectivity index (χ0) is 15.1. The van der Waals surface area contributed by atoms with Crippen molar-refractivity contribution < 1.29 is 19.4 Å². The van der Waals surface area contributed by atoms with Crippen LogP contribution in [0, 0.1) is 13.8 Å². The maximum absolute atomic E-state index is 11.7. The number of hydrogen-bond donors (Lipinski definition) is 3. The molecule has 0 spiro atoms. The molecule has 0 aromatic carbocycles. The van der Waals surface area contributed by atoms with E-state index in [0.29, 0.717) is 30.3 Å². The molecule has 0 unspecified atom stereocenters. The second-order valence-electron chi connectivity index (χ2n) is 4.22. The van der Waals surface area contributed by atoms with Gasteiger partial charge in [0.2, 0.25) is 0 Å². The predicted octanol–water partition coefficient (Wildman–Crippen LogP) is 2.61. The van der Waals surface area contributed by atoms with Gasteiger partial charge < -0.3 is 15.2 Å². The number of amides is 2. The molecule has 20 heavy (non-hydrogen) atoms. The number of hydrogen-bond acceptors (Lipinski definition) is 4. The SMILES string of the molecule is CCOCCCNC(=O)Nc1sc(C)c(C)c1C(=O)O. The van der Waals surface area contributed by atoms with Crippen LogP contribution in [0.2, 0.25) is 0 Å². The van der Waals surface area contributed by atoms with Gasteiger partial charge in [-0.2, -0.15) is 0 Å². The van der Waals surface area contributed by atoms with Gasteiger partial charge in [0.15, 0.2) is 0 Å². The number of urea groups is 1. The van der Waals surface area contributed by atoms with Crippen molar-refractivity contribution in [2.45, 2.75) is 27.2 Å². The highest BCUT2D eigenvalue weighted by atomic mass is 32.1. The summed E-state index contributed by atoms with van der Waals surface area (Å²) in [5.41, 5.74) is 0.853. The van der Waals surface area contributed by atoms with Gasteiger partial charge in [0.25, 0.3) is 0 Å². The Hall–Kier alpha value is -1.60. The van der Waals surface area contributed by atoms with Crippen LogP contribution in [0.15, 0.2) is 0 Å². The van der Waals surface area contributed by atoms with Gasteiger partial charge >= 0.3 is 12.0 Å². The molecular formula is C13H20N2O4S. The molecular weight excluding hydrogens is 280 g/mol. The third-order valence-electron chi connectivity index (χ3n) is 2.78. The van der Waals surface area contributed by atoms with Crippen LogP contribution in [0.4, 0.5) is 9.80 Å². The summed E-state index contributed by atoms with van der Waals surface area (Å²) in [6.45, 7) is 7.21. The molecule has 1 heterocycles. The monoisotopic (exact) mass is 300 g/mol. The van der Waals surface area contributed by atoms with Crippen LogP contribution in [0.25, 0.3) is 0 Å². The number of carbonyl (C=O) groups is 2. The lowest BCUT2D eigenvalue weighted by atomic mass is 10.1. The number of thiophene rings is 1. The average Bonchev–Trinajstić information content (AvgIpc) is 2.64. The van der Waals surface area contributed by atoms with E-state index in [1.165, 1.54) is 11.3 Å². The molecule has 1 rings (SSSR count). The zero-order valence-electron chi connectivity index (χ0n) is 11.9. The Kier molecular flexibility index (Phi) is 6.47. The number of aromatic carboxylic acids is 1. The summed E-state index contributed by atoms with van der Waals surface area (Å²) < 4.78 is 5.16. The first-order valence-corrected chi connectivity index (χ1v) is 7.24. The van der Waals surface area contributed by atoms with Crippen LogP contribution in [0.3, 0.4) is 0 Å². The molecule has 1 aromatic heterocycles. The molecule has 3 N–H and O–H groups in total. The maximum Gasteiger partial charge on any atom is 0.338 e. The van der Waals surface area contributed by atoms with Crippen LogP contribution in [-0.4, -0.2) is 36.9 Å². The number of nitrogens with one attached hydrogen (secondary N) is 2. The van der Waals surface area contributed by atoms with Crippen LogP contribution < -0.4 is 10.6 Å². The number of carboxylic acids is 1. The van der Waals surface area contributed by atoms with Crippen LogP contribution in [0.5, 0.6) is 0 Å². The topological polar surface area (TPSA) is 87.7 Å². The van der Waals surface area contributed by atoms with E-state index in [1.54, 1.807) is 6.92 Å². The normalized spacial score (nSPS) is 10.3. The molecule has 0 fully saturated rings. The van der Waals surface area contributed by atoms with Crippen molar-refractivity contribution in [1.29, 1.82) is 0 Å². The molecule has 0 aliphatic rings. The first kappa shape index (κ1) is 16.5. The number of aryl methyl sites for hydroxylation is 1. The summed E-state index contributed by atoms with van der Waals surface area (Å²) in [6, 6.07) is -0.398. The lowest BCUT2D eigenvalue weighted by molar-refractivity contribution is 0.0697. The Balaban J connectivity index is 2.54. The van der Waals surface area contributed by atoms with E-state index in [0.717, 1.165) is 11.3 Å². The fourth-order valence-electron chi connectivity index (χ4n) is 1.64. The Morgan fingerprint density at radius 3 is 2.65 bits per heavy atom. The van der Waals surface area contributed by atoms with E-state index in [2.05, 4.69) is 10.6 Å². The minimum absolute atomic E-state index is 0.164. The van der Waals surface area contributed by atoms with E-state index in [9.17, 15) is 9.59 Å². The molecule has 0 aliphatic heterocycles. The Morgan fingerprint density at radius 1 is 1.35 bits per heavy atom. The summed E-state index contributed by atoms with van der Waals surface area (Å²) in [7, 11) is 0. The van der Waals surface area contributed by atoms with E-state index in [4.69, 9.17) is 9.84 Å². The quantitative estimate of drug-likeness (QED) is 0.675. The highest BCUT2D eigenvalue weighted by Gasteiger charge is 2.19. The fraction of sp³-hybridized carbons (Fsp3) is 0.538. The van der Waals surface area contributed by atoms with Gasteiger partial charge in [0.05, 0.1) is 5.56 Å². The summed E-state index contributed by atoms with van der Waals surface area (Å²) in [5, 5.41) is 14.8. The number of ether oxygens (including phenoxy) is 1. The zero-order valence-corrected chi connectivity index (χ0v) is 12.7. The molecule has 0 radical (unpaired) electrons. The van der Waals surface area contributed by atoms with Gasteiger partial charge in [0, 0.05) is 24.6 Å². The standard InChI is InChI=1S/C13H20N2O4S/c1-4-19-7-5-6-14-13(18)15-11-10(12(16)17)8(2)9(3)20-11/h4-7H2,1-3H3,(H,16,17)(H2,14,15,18). The maximum atomic E-state index is 11.7. The van der Waals surface area contributed by atoms with Crippen LogP contribution >= 0.6 is 11.3 Å². The highest BCUT2D eigenvalue weighted by Crippen LogP contribution is 2.32. The third kappa shape index (κ3) is 4.50. The lowest BCUT2D eigenvalue weighted by Gasteiger charge is -2.07. The van der Waals surface area contributed by atoms with E-state index >= 15 is 0 Å². The molecule has 2 amide bonds. The third-order valence-corrected chi connectivity index (χ3v) is 3.90. The summed E-state index contributed by atoms with van der Waals surface area (Å²) in [6.07, 6.45) is 0.718. The molecule has 0 atom stereocenters. The highest BCUT2D eigenvalue weighted by molar-refractivity contribution is 7.16. The van der Waals surface area contributed by atoms with Crippen LogP contribution in [0.1, 0.15) is 34.1 Å². The molecule has 0 bridgehead atoms. The van der Waals surface area contributed by atoms with Gasteiger partial charge in [-0.25, -0.2) is 9.59 Å². The number of carbonyl (C=O) groups excluding carboxylic acids is 1. The van der Waals surface area contributed by atoms with Crippen molar-refractivity contribution in [3.8, 4) is 0 Å². The number of carboxylic acid groups (broad SMARTS) is 1. The van der Waals surface area contributed by atoms with Gasteiger partial charge in [-0.1, -0.05) is 0 Å². The van der Waals surface area contributed by atoms with Gasteiger partial charge in [-0.3, -0.25) is 5.32 Å². The van der Waals surface area contributed by atoms with Crippen molar-refractivity contribution in [3.63, 3.8) is 0 Å². The van der Waals surface area contributed by atoms with Crippen molar-refractivity contribution in [1.82, 2.24) is 5.32 Å². The van der Waals surface area contributed by atoms with E-state index < -0.39 is 12.0 Å². The second-order valence-corrected chi connectivity index (χ2v) is 5.45. The smallest absolute Gasteiger partial charge is 0.338 e. The first-order chi connectivity index (χ1) is 9.47. The lowest BCUT2D eigenvalue weighted by Crippen LogP contribution is -2.30. The number of anilines is 1. The van der Waals surface area contributed by atoms with Gasteiger partial charge in [0.1, 0.15) is 5.00 Å². The molecule has 112 valence electrons. The Labute approximate surface area is 122 Å². The molecule has 6 nitrogen and oxygen atoms in total. The van der Waals surface area contributed by atoms with E-state index in [-0.39, 0.29) is 5.56 Å². The molecule has 7 heteroatoms. The van der Waals surface area contributed by atoms with Gasteiger partial charge in [-0.15, -0.1) is 11.3 Å². The van der Waals surface area contributed by atoms with Crippen molar-refractivity contribution >= 4 is 28.3 Å². The molecule has 1 aromatic rings. The largest absolute Gasteiger partial charge is 0.478 e. The number of rotatable bonds is 7. The Morgan fingerprint density at radius 2 is 2.05 bits per heavy atom.